The van der Waals surface area contributed by atoms with Gasteiger partial charge in [-0.1, -0.05) is 33.0 Å². The molecule has 0 fully saturated rings. The van der Waals surface area contributed by atoms with Crippen LogP contribution in [-0.4, -0.2) is 9.97 Å². The van der Waals surface area contributed by atoms with Crippen LogP contribution in [0.2, 0.25) is 0 Å². The molecule has 3 heteroatoms. The van der Waals surface area contributed by atoms with Crippen LogP contribution in [0.3, 0.4) is 0 Å². The minimum atomic E-state index is 0.123. The number of hydrogen-bond acceptors (Lipinski definition) is 2. The zero-order valence-corrected chi connectivity index (χ0v) is 11.1. The third-order valence-corrected chi connectivity index (χ3v) is 3.08. The highest BCUT2D eigenvalue weighted by Crippen LogP contribution is 2.26. The third-order valence-electron chi connectivity index (χ3n) is 2.73. The number of aromatic amines is 1. The number of pyridine rings is 2. The van der Waals surface area contributed by atoms with Gasteiger partial charge in [-0.25, -0.2) is 0 Å². The smallest absolute Gasteiger partial charge is 0.0734 e. The molecule has 0 aromatic carbocycles. The van der Waals surface area contributed by atoms with Crippen LogP contribution in [0.1, 0.15) is 26.3 Å². The van der Waals surface area contributed by atoms with Crippen molar-refractivity contribution in [1.82, 2.24) is 9.97 Å². The lowest BCUT2D eigenvalue weighted by Crippen LogP contribution is -2.11. The summed E-state index contributed by atoms with van der Waals surface area (Å²) in [5, 5.41) is 0. The van der Waals surface area contributed by atoms with E-state index in [-0.39, 0.29) is 5.41 Å². The number of rotatable bonds is 1. The van der Waals surface area contributed by atoms with Gasteiger partial charge >= 0.3 is 0 Å². The van der Waals surface area contributed by atoms with Gasteiger partial charge in [0.15, 0.2) is 0 Å². The molecule has 0 atom stereocenters. The number of aromatic nitrogens is 2. The SMILES string of the molecule is CC(C)(C)c1ccnc(-c2c[nH]ccc2=S)c1. The standard InChI is InChI=1S/C14H16N2S/c1-14(2,3)10-4-7-16-12(8-10)11-9-15-6-5-13(11)17/h4-9H,1-3H3,(H,15,17). The molecule has 0 unspecified atom stereocenters. The molecule has 0 saturated heterocycles. The summed E-state index contributed by atoms with van der Waals surface area (Å²) in [5.74, 6) is 0. The minimum absolute atomic E-state index is 0.123. The van der Waals surface area contributed by atoms with Crippen molar-refractivity contribution in [2.24, 2.45) is 0 Å². The molecule has 2 nitrogen and oxygen atoms in total. The predicted molar refractivity (Wildman–Crippen MR) is 73.6 cm³/mol. The van der Waals surface area contributed by atoms with E-state index >= 15 is 0 Å². The first-order chi connectivity index (χ1) is 7.98. The normalized spacial score (nSPS) is 11.5. The summed E-state index contributed by atoms with van der Waals surface area (Å²) in [4.78, 5) is 7.45. The Balaban J connectivity index is 2.55. The van der Waals surface area contributed by atoms with Gasteiger partial charge in [-0.2, -0.15) is 0 Å². The van der Waals surface area contributed by atoms with Crippen LogP contribution in [0.15, 0.2) is 36.8 Å². The van der Waals surface area contributed by atoms with Gasteiger partial charge in [0.05, 0.1) is 5.69 Å². The molecular weight excluding hydrogens is 228 g/mol. The molecule has 0 saturated carbocycles. The van der Waals surface area contributed by atoms with Crippen LogP contribution < -0.4 is 0 Å². The van der Waals surface area contributed by atoms with E-state index in [1.54, 1.807) is 0 Å². The first-order valence-corrected chi connectivity index (χ1v) is 6.03. The summed E-state index contributed by atoms with van der Waals surface area (Å²) >= 11 is 5.31. The molecule has 0 aliphatic heterocycles. The number of H-pyrrole nitrogens is 1. The summed E-state index contributed by atoms with van der Waals surface area (Å²) in [6, 6.07) is 6.05. The van der Waals surface area contributed by atoms with E-state index in [1.165, 1.54) is 5.56 Å². The van der Waals surface area contributed by atoms with Crippen LogP contribution in [0.25, 0.3) is 11.3 Å². The fourth-order valence-corrected chi connectivity index (χ4v) is 1.89. The topological polar surface area (TPSA) is 28.7 Å². The molecule has 0 bridgehead atoms. The summed E-state index contributed by atoms with van der Waals surface area (Å²) < 4.78 is 0.822. The second-order valence-electron chi connectivity index (χ2n) is 5.10. The van der Waals surface area contributed by atoms with E-state index in [0.29, 0.717) is 0 Å². The highest BCUT2D eigenvalue weighted by atomic mass is 32.1. The molecule has 2 rings (SSSR count). The summed E-state index contributed by atoms with van der Waals surface area (Å²) in [7, 11) is 0. The Labute approximate surface area is 107 Å². The van der Waals surface area contributed by atoms with Gasteiger partial charge in [0.1, 0.15) is 0 Å². The number of hydrogen-bond donors (Lipinski definition) is 1. The van der Waals surface area contributed by atoms with Crippen LogP contribution in [-0.2, 0) is 5.41 Å². The van der Waals surface area contributed by atoms with E-state index in [1.807, 2.05) is 24.7 Å². The van der Waals surface area contributed by atoms with Crippen LogP contribution >= 0.6 is 12.2 Å². The molecule has 1 N–H and O–H groups in total. The maximum absolute atomic E-state index is 5.31. The number of nitrogens with one attached hydrogen (secondary N) is 1. The van der Waals surface area contributed by atoms with Crippen molar-refractivity contribution in [2.45, 2.75) is 26.2 Å². The van der Waals surface area contributed by atoms with Crippen molar-refractivity contribution in [2.75, 3.05) is 0 Å². The lowest BCUT2D eigenvalue weighted by Gasteiger charge is -2.19. The Morgan fingerprint density at radius 1 is 1.24 bits per heavy atom. The van der Waals surface area contributed by atoms with Gasteiger partial charge < -0.3 is 4.98 Å². The molecule has 2 aromatic heterocycles. The molecule has 0 aliphatic carbocycles. The maximum Gasteiger partial charge on any atom is 0.0734 e. The van der Waals surface area contributed by atoms with Crippen LogP contribution in [0.5, 0.6) is 0 Å². The molecule has 17 heavy (non-hydrogen) atoms. The van der Waals surface area contributed by atoms with Gasteiger partial charge in [-0.15, -0.1) is 0 Å². The third kappa shape index (κ3) is 2.61. The lowest BCUT2D eigenvalue weighted by atomic mass is 9.87. The lowest BCUT2D eigenvalue weighted by molar-refractivity contribution is 0.589. The van der Waals surface area contributed by atoms with Gasteiger partial charge in [0, 0.05) is 28.7 Å². The number of nitrogens with zero attached hydrogens (tertiary/aromatic N) is 1. The molecule has 0 radical (unpaired) electrons. The van der Waals surface area contributed by atoms with Gasteiger partial charge in [-0.05, 0) is 29.2 Å². The average Bonchev–Trinajstić information content (AvgIpc) is 2.29. The van der Waals surface area contributed by atoms with Crippen LogP contribution in [0, 0.1) is 4.51 Å². The molecular formula is C14H16N2S. The summed E-state index contributed by atoms with van der Waals surface area (Å²) in [5.41, 5.74) is 3.30. The average molecular weight is 244 g/mol. The Kier molecular flexibility index (Phi) is 3.11. The quantitative estimate of drug-likeness (QED) is 0.765. The van der Waals surface area contributed by atoms with Crippen molar-refractivity contribution in [3.05, 3.63) is 46.9 Å². The maximum atomic E-state index is 5.31. The molecule has 2 aromatic rings. The molecule has 0 spiro atoms. The second-order valence-corrected chi connectivity index (χ2v) is 5.54. The summed E-state index contributed by atoms with van der Waals surface area (Å²) in [6.07, 6.45) is 5.58. The Hall–Kier alpha value is -1.48. The van der Waals surface area contributed by atoms with Crippen molar-refractivity contribution in [3.8, 4) is 11.3 Å². The first-order valence-electron chi connectivity index (χ1n) is 5.62. The largest absolute Gasteiger partial charge is 0.367 e. The molecule has 2 heterocycles. The monoisotopic (exact) mass is 244 g/mol. The van der Waals surface area contributed by atoms with E-state index in [2.05, 4.69) is 42.9 Å². The van der Waals surface area contributed by atoms with Crippen molar-refractivity contribution in [3.63, 3.8) is 0 Å². The van der Waals surface area contributed by atoms with Gasteiger partial charge in [-0.3, -0.25) is 4.98 Å². The van der Waals surface area contributed by atoms with E-state index < -0.39 is 0 Å². The fourth-order valence-electron chi connectivity index (χ4n) is 1.66. The fraction of sp³-hybridized carbons (Fsp3) is 0.286. The Morgan fingerprint density at radius 3 is 2.65 bits per heavy atom. The summed E-state index contributed by atoms with van der Waals surface area (Å²) in [6.45, 7) is 6.58. The Morgan fingerprint density at radius 2 is 2.00 bits per heavy atom. The molecule has 0 amide bonds. The highest BCUT2D eigenvalue weighted by molar-refractivity contribution is 7.71. The zero-order valence-electron chi connectivity index (χ0n) is 10.3. The van der Waals surface area contributed by atoms with Crippen LogP contribution in [0.4, 0.5) is 0 Å². The first kappa shape index (κ1) is 12.0. The van der Waals surface area contributed by atoms with Crippen molar-refractivity contribution < 1.29 is 0 Å². The molecule has 0 aliphatic rings. The van der Waals surface area contributed by atoms with Crippen molar-refractivity contribution >= 4 is 12.2 Å². The predicted octanol–water partition coefficient (Wildman–Crippen LogP) is 4.10. The highest BCUT2D eigenvalue weighted by Gasteiger charge is 2.14. The van der Waals surface area contributed by atoms with Gasteiger partial charge in [0.2, 0.25) is 0 Å². The second kappa shape index (κ2) is 4.41. The molecule has 88 valence electrons. The van der Waals surface area contributed by atoms with Gasteiger partial charge in [0.25, 0.3) is 0 Å². The van der Waals surface area contributed by atoms with E-state index in [4.69, 9.17) is 12.2 Å². The minimum Gasteiger partial charge on any atom is -0.367 e. The van der Waals surface area contributed by atoms with E-state index in [9.17, 15) is 0 Å². The zero-order chi connectivity index (χ0) is 12.5. The van der Waals surface area contributed by atoms with E-state index in [0.717, 1.165) is 15.8 Å². The Bertz CT molecular complexity index is 579. The van der Waals surface area contributed by atoms with Crippen molar-refractivity contribution in [1.29, 1.82) is 0 Å².